The van der Waals surface area contributed by atoms with Gasteiger partial charge >= 0.3 is 0 Å². The minimum Gasteiger partial charge on any atom is -0.356 e. The van der Waals surface area contributed by atoms with Crippen molar-refractivity contribution in [2.45, 2.75) is 25.6 Å². The van der Waals surface area contributed by atoms with Crippen molar-refractivity contribution in [1.29, 1.82) is 0 Å². The highest BCUT2D eigenvalue weighted by molar-refractivity contribution is 5.85. The van der Waals surface area contributed by atoms with E-state index in [2.05, 4.69) is 0 Å². The summed E-state index contributed by atoms with van der Waals surface area (Å²) in [6, 6.07) is 0. The van der Waals surface area contributed by atoms with Crippen molar-refractivity contribution in [3.05, 3.63) is 0 Å². The molecule has 13 heavy (non-hydrogen) atoms. The molecule has 0 radical (unpaired) electrons. The van der Waals surface area contributed by atoms with Crippen LogP contribution in [0.4, 0.5) is 0 Å². The van der Waals surface area contributed by atoms with E-state index >= 15 is 0 Å². The lowest BCUT2D eigenvalue weighted by atomic mass is 9.72. The van der Waals surface area contributed by atoms with Crippen LogP contribution in [-0.4, -0.2) is 20.5 Å². The normalized spacial score (nSPS) is 34.8. The zero-order valence-corrected chi connectivity index (χ0v) is 9.18. The van der Waals surface area contributed by atoms with Gasteiger partial charge in [0.25, 0.3) is 0 Å². The summed E-state index contributed by atoms with van der Waals surface area (Å²) in [5.41, 5.74) is 0. The first kappa shape index (κ1) is 13.2. The second kappa shape index (κ2) is 5.15. The maximum Gasteiger partial charge on any atom is 0.160 e. The van der Waals surface area contributed by atoms with Crippen LogP contribution in [0.1, 0.15) is 19.3 Å². The Bertz CT molecular complexity index is 139. The summed E-state index contributed by atoms with van der Waals surface area (Å²) in [4.78, 5) is 0. The quantitative estimate of drug-likeness (QED) is 0.726. The summed E-state index contributed by atoms with van der Waals surface area (Å²) in [7, 11) is 3.48. The van der Waals surface area contributed by atoms with E-state index in [1.807, 2.05) is 0 Å². The van der Waals surface area contributed by atoms with Gasteiger partial charge in [-0.1, -0.05) is 0 Å². The molecule has 0 saturated heterocycles. The molecule has 0 amide bonds. The monoisotopic (exact) mass is 209 g/mol. The van der Waals surface area contributed by atoms with E-state index in [0.29, 0.717) is 5.92 Å². The fourth-order valence-electron chi connectivity index (χ4n) is 2.80. The van der Waals surface area contributed by atoms with E-state index in [-0.39, 0.29) is 24.8 Å². The standard InChI is InChI=1S/C9H16O2.ClH.H3N/c1-10-9(11-2)8-6-3-4-7(8)5-6;;/h6-9H,3-5H2,1-2H3;1H;1H3. The summed E-state index contributed by atoms with van der Waals surface area (Å²) < 4.78 is 10.5. The molecule has 80 valence electrons. The van der Waals surface area contributed by atoms with Crippen molar-refractivity contribution in [3.63, 3.8) is 0 Å². The van der Waals surface area contributed by atoms with Gasteiger partial charge in [0, 0.05) is 20.1 Å². The molecular formula is C9H20ClNO2. The number of hydrogen-bond acceptors (Lipinski definition) is 3. The van der Waals surface area contributed by atoms with Crippen molar-refractivity contribution in [1.82, 2.24) is 6.15 Å². The maximum atomic E-state index is 5.26. The van der Waals surface area contributed by atoms with Crippen LogP contribution >= 0.6 is 12.4 Å². The number of halogens is 1. The second-order valence-electron chi connectivity index (χ2n) is 3.75. The molecule has 4 heteroatoms. The van der Waals surface area contributed by atoms with E-state index in [4.69, 9.17) is 9.47 Å². The van der Waals surface area contributed by atoms with Gasteiger partial charge in [-0.25, -0.2) is 0 Å². The molecule has 2 unspecified atom stereocenters. The van der Waals surface area contributed by atoms with Gasteiger partial charge in [0.15, 0.2) is 6.29 Å². The smallest absolute Gasteiger partial charge is 0.160 e. The van der Waals surface area contributed by atoms with E-state index in [0.717, 1.165) is 11.8 Å². The summed E-state index contributed by atoms with van der Waals surface area (Å²) in [6.07, 6.45) is 4.30. The molecule has 3 N–H and O–H groups in total. The van der Waals surface area contributed by atoms with Crippen LogP contribution in [0, 0.1) is 17.8 Å². The minimum atomic E-state index is 0. The van der Waals surface area contributed by atoms with Crippen molar-refractivity contribution >= 4 is 12.4 Å². The average Bonchev–Trinajstić information content (AvgIpc) is 2.59. The number of rotatable bonds is 3. The Morgan fingerprint density at radius 3 is 1.85 bits per heavy atom. The van der Waals surface area contributed by atoms with Gasteiger partial charge in [-0.2, -0.15) is 0 Å². The van der Waals surface area contributed by atoms with Gasteiger partial charge in [0.1, 0.15) is 0 Å². The second-order valence-corrected chi connectivity index (χ2v) is 3.75. The molecule has 3 aliphatic rings. The highest BCUT2D eigenvalue weighted by atomic mass is 35.5. The summed E-state index contributed by atoms with van der Waals surface area (Å²) >= 11 is 0. The van der Waals surface area contributed by atoms with Gasteiger partial charge in [0.2, 0.25) is 0 Å². The molecule has 0 aromatic rings. The molecule has 3 fully saturated rings. The average molecular weight is 210 g/mol. The molecular weight excluding hydrogens is 190 g/mol. The molecule has 0 aliphatic heterocycles. The van der Waals surface area contributed by atoms with E-state index in [1.165, 1.54) is 19.3 Å². The van der Waals surface area contributed by atoms with Crippen LogP contribution in [0.25, 0.3) is 0 Å². The number of methoxy groups -OCH3 is 2. The maximum absolute atomic E-state index is 5.26. The lowest BCUT2D eigenvalue weighted by Gasteiger charge is -2.39. The Balaban J connectivity index is 0.000000720. The number of ether oxygens (including phenoxy) is 2. The zero-order chi connectivity index (χ0) is 7.84. The van der Waals surface area contributed by atoms with Crippen LogP contribution in [0.5, 0.6) is 0 Å². The molecule has 2 bridgehead atoms. The SMILES string of the molecule is COC(OC)C1C2CCC1C2.Cl.N. The molecule has 3 nitrogen and oxygen atoms in total. The van der Waals surface area contributed by atoms with Crippen molar-refractivity contribution in [3.8, 4) is 0 Å². The van der Waals surface area contributed by atoms with Crippen molar-refractivity contribution < 1.29 is 9.47 Å². The Morgan fingerprint density at radius 1 is 1.08 bits per heavy atom. The number of hydrogen-bond donors (Lipinski definition) is 1. The predicted molar refractivity (Wildman–Crippen MR) is 54.4 cm³/mol. The van der Waals surface area contributed by atoms with Crippen molar-refractivity contribution in [2.24, 2.45) is 17.8 Å². The minimum absolute atomic E-state index is 0. The first-order valence-electron chi connectivity index (χ1n) is 4.42. The first-order chi connectivity index (χ1) is 5.36. The zero-order valence-electron chi connectivity index (χ0n) is 8.36. The van der Waals surface area contributed by atoms with Crippen LogP contribution in [0.15, 0.2) is 0 Å². The third-order valence-corrected chi connectivity index (χ3v) is 3.38. The number of fused-ring (bicyclic) bond motifs is 1. The summed E-state index contributed by atoms with van der Waals surface area (Å²) in [5, 5.41) is 0. The fourth-order valence-corrected chi connectivity index (χ4v) is 2.80. The van der Waals surface area contributed by atoms with Crippen molar-refractivity contribution in [2.75, 3.05) is 14.2 Å². The Labute approximate surface area is 86.2 Å². The summed E-state index contributed by atoms with van der Waals surface area (Å²) in [5.74, 6) is 2.53. The Morgan fingerprint density at radius 2 is 1.54 bits per heavy atom. The van der Waals surface area contributed by atoms with E-state index < -0.39 is 0 Å². The topological polar surface area (TPSA) is 53.5 Å². The highest BCUT2D eigenvalue weighted by Crippen LogP contribution is 2.55. The fraction of sp³-hybridized carbons (Fsp3) is 1.00. The van der Waals surface area contributed by atoms with Crippen LogP contribution in [0.2, 0.25) is 0 Å². The highest BCUT2D eigenvalue weighted by Gasteiger charge is 2.50. The van der Waals surface area contributed by atoms with Gasteiger partial charge in [-0.05, 0) is 31.1 Å². The molecule has 3 aliphatic carbocycles. The molecule has 3 saturated carbocycles. The van der Waals surface area contributed by atoms with E-state index in [1.54, 1.807) is 14.2 Å². The van der Waals surface area contributed by atoms with Gasteiger partial charge < -0.3 is 15.6 Å². The molecule has 0 aromatic heterocycles. The van der Waals surface area contributed by atoms with Gasteiger partial charge in [0.05, 0.1) is 0 Å². The molecule has 2 atom stereocenters. The first-order valence-corrected chi connectivity index (χ1v) is 4.42. The van der Waals surface area contributed by atoms with Gasteiger partial charge in [-0.15, -0.1) is 12.4 Å². The lowest BCUT2D eigenvalue weighted by molar-refractivity contribution is -0.176. The summed E-state index contributed by atoms with van der Waals surface area (Å²) in [6.45, 7) is 0. The Kier molecular flexibility index (Phi) is 5.22. The molecule has 0 heterocycles. The molecule has 0 spiro atoms. The van der Waals surface area contributed by atoms with Crippen LogP contribution in [-0.2, 0) is 9.47 Å². The Hall–Kier alpha value is 0.170. The third kappa shape index (κ3) is 1.99. The predicted octanol–water partition coefficient (Wildman–Crippen LogP) is 2.24. The van der Waals surface area contributed by atoms with Crippen LogP contribution in [0.3, 0.4) is 0 Å². The third-order valence-electron chi connectivity index (χ3n) is 3.38. The van der Waals surface area contributed by atoms with Gasteiger partial charge in [-0.3, -0.25) is 0 Å². The lowest BCUT2D eigenvalue weighted by Crippen LogP contribution is -2.40. The molecule has 3 rings (SSSR count). The van der Waals surface area contributed by atoms with E-state index in [9.17, 15) is 0 Å². The molecule has 0 aromatic carbocycles. The largest absolute Gasteiger partial charge is 0.356 e. The van der Waals surface area contributed by atoms with Crippen LogP contribution < -0.4 is 6.15 Å².